The third-order valence-corrected chi connectivity index (χ3v) is 4.49. The third-order valence-electron chi connectivity index (χ3n) is 4.49. The molecule has 0 spiro atoms. The normalized spacial score (nSPS) is 21.5. The molecule has 0 unspecified atom stereocenters. The standard InChI is InChI=1S/C17H22FN3O2/c1-11-4-2-3-5-15(11)23-7-6-19-17(22)13-8-12(18)9-14-16(13)21-10-20-14/h8-11,15H,2-7H2,1H3,(H,19,22)(H,20,21)/t11-,15-/m1/s1. The maximum atomic E-state index is 13.6. The number of benzene rings is 1. The quantitative estimate of drug-likeness (QED) is 0.833. The van der Waals surface area contributed by atoms with Gasteiger partial charge in [-0.25, -0.2) is 9.37 Å². The molecule has 5 nitrogen and oxygen atoms in total. The van der Waals surface area contributed by atoms with Crippen LogP contribution in [0, 0.1) is 11.7 Å². The predicted molar refractivity (Wildman–Crippen MR) is 85.8 cm³/mol. The van der Waals surface area contributed by atoms with Crippen molar-refractivity contribution in [1.82, 2.24) is 15.3 Å². The lowest BCUT2D eigenvalue weighted by molar-refractivity contribution is -0.00293. The minimum atomic E-state index is -0.459. The Morgan fingerprint density at radius 3 is 3.09 bits per heavy atom. The van der Waals surface area contributed by atoms with E-state index in [-0.39, 0.29) is 17.6 Å². The van der Waals surface area contributed by atoms with Gasteiger partial charge in [0, 0.05) is 6.54 Å². The SMILES string of the molecule is C[C@@H]1CCCC[C@H]1OCCNC(=O)c1cc(F)cc2[nH]cnc12. The molecule has 1 amide bonds. The van der Waals surface area contributed by atoms with E-state index in [1.165, 1.54) is 37.7 Å². The van der Waals surface area contributed by atoms with Gasteiger partial charge in [-0.3, -0.25) is 4.79 Å². The first kappa shape index (κ1) is 15.9. The van der Waals surface area contributed by atoms with Crippen LogP contribution in [0.3, 0.4) is 0 Å². The van der Waals surface area contributed by atoms with E-state index in [1.54, 1.807) is 0 Å². The molecule has 0 saturated heterocycles. The Bertz CT molecular complexity index is 686. The summed E-state index contributed by atoms with van der Waals surface area (Å²) in [5.74, 6) is -0.215. The summed E-state index contributed by atoms with van der Waals surface area (Å²) in [7, 11) is 0. The second-order valence-electron chi connectivity index (χ2n) is 6.18. The topological polar surface area (TPSA) is 67.0 Å². The number of H-pyrrole nitrogens is 1. The minimum Gasteiger partial charge on any atom is -0.376 e. The van der Waals surface area contributed by atoms with Crippen molar-refractivity contribution in [3.63, 3.8) is 0 Å². The Kier molecular flexibility index (Phi) is 4.91. The van der Waals surface area contributed by atoms with E-state index in [1.807, 2.05) is 0 Å². The Hall–Kier alpha value is -1.95. The van der Waals surface area contributed by atoms with E-state index < -0.39 is 5.82 Å². The van der Waals surface area contributed by atoms with E-state index >= 15 is 0 Å². The summed E-state index contributed by atoms with van der Waals surface area (Å²) >= 11 is 0. The molecule has 0 bridgehead atoms. The lowest BCUT2D eigenvalue weighted by Gasteiger charge is -2.28. The molecular formula is C17H22FN3O2. The molecule has 1 aliphatic rings. The van der Waals surface area contributed by atoms with E-state index in [0.717, 1.165) is 6.42 Å². The lowest BCUT2D eigenvalue weighted by Crippen LogP contribution is -2.32. The average Bonchev–Trinajstić information content (AvgIpc) is 3.00. The van der Waals surface area contributed by atoms with E-state index in [2.05, 4.69) is 22.2 Å². The highest BCUT2D eigenvalue weighted by Crippen LogP contribution is 2.26. The van der Waals surface area contributed by atoms with Gasteiger partial charge in [0.15, 0.2) is 0 Å². The number of amides is 1. The molecule has 1 aromatic heterocycles. The van der Waals surface area contributed by atoms with E-state index in [9.17, 15) is 9.18 Å². The van der Waals surface area contributed by atoms with Crippen molar-refractivity contribution < 1.29 is 13.9 Å². The largest absolute Gasteiger partial charge is 0.376 e. The van der Waals surface area contributed by atoms with Gasteiger partial charge in [-0.15, -0.1) is 0 Å². The number of rotatable bonds is 5. The van der Waals surface area contributed by atoms with Gasteiger partial charge >= 0.3 is 0 Å². The summed E-state index contributed by atoms with van der Waals surface area (Å²) in [5, 5.41) is 2.78. The number of halogens is 1. The van der Waals surface area contributed by atoms with Crippen molar-refractivity contribution in [3.05, 3.63) is 29.8 Å². The summed E-state index contributed by atoms with van der Waals surface area (Å²) in [6.07, 6.45) is 6.52. The van der Waals surface area contributed by atoms with Gasteiger partial charge in [-0.1, -0.05) is 19.8 Å². The number of nitrogens with zero attached hydrogens (tertiary/aromatic N) is 1. The molecular weight excluding hydrogens is 297 g/mol. The monoisotopic (exact) mass is 319 g/mol. The Labute approximate surface area is 134 Å². The van der Waals surface area contributed by atoms with Crippen LogP contribution in [0.5, 0.6) is 0 Å². The maximum Gasteiger partial charge on any atom is 0.253 e. The van der Waals surface area contributed by atoms with E-state index in [4.69, 9.17) is 4.74 Å². The fraction of sp³-hybridized carbons (Fsp3) is 0.529. The first-order valence-corrected chi connectivity index (χ1v) is 8.17. The summed E-state index contributed by atoms with van der Waals surface area (Å²) < 4.78 is 19.4. The number of ether oxygens (including phenoxy) is 1. The van der Waals surface area contributed by atoms with Crippen LogP contribution in [0.2, 0.25) is 0 Å². The van der Waals surface area contributed by atoms with Crippen molar-refractivity contribution in [1.29, 1.82) is 0 Å². The van der Waals surface area contributed by atoms with Gasteiger partial charge in [0.25, 0.3) is 5.91 Å². The van der Waals surface area contributed by atoms with Crippen molar-refractivity contribution in [2.75, 3.05) is 13.2 Å². The molecule has 3 rings (SSSR count). The zero-order valence-electron chi connectivity index (χ0n) is 13.3. The smallest absolute Gasteiger partial charge is 0.253 e. The molecule has 2 atom stereocenters. The van der Waals surface area contributed by atoms with Gasteiger partial charge in [0.1, 0.15) is 11.3 Å². The van der Waals surface area contributed by atoms with Crippen molar-refractivity contribution >= 4 is 16.9 Å². The van der Waals surface area contributed by atoms with Crippen LogP contribution in [-0.2, 0) is 4.74 Å². The molecule has 1 heterocycles. The van der Waals surface area contributed by atoms with Gasteiger partial charge in [-0.05, 0) is 30.9 Å². The zero-order valence-corrected chi connectivity index (χ0v) is 13.3. The molecule has 1 saturated carbocycles. The second-order valence-corrected chi connectivity index (χ2v) is 6.18. The molecule has 1 aliphatic carbocycles. The molecule has 1 aromatic carbocycles. The van der Waals surface area contributed by atoms with Gasteiger partial charge in [-0.2, -0.15) is 0 Å². The van der Waals surface area contributed by atoms with Crippen molar-refractivity contribution in [2.45, 2.75) is 38.7 Å². The fourth-order valence-electron chi connectivity index (χ4n) is 3.19. The summed E-state index contributed by atoms with van der Waals surface area (Å²) in [6, 6.07) is 2.54. The summed E-state index contributed by atoms with van der Waals surface area (Å²) in [5.41, 5.74) is 1.24. The van der Waals surface area contributed by atoms with Crippen LogP contribution in [-0.4, -0.2) is 35.1 Å². The summed E-state index contributed by atoms with van der Waals surface area (Å²) in [6.45, 7) is 3.09. The molecule has 6 heteroatoms. The minimum absolute atomic E-state index is 0.243. The number of aromatic nitrogens is 2. The molecule has 2 aromatic rings. The number of imidazole rings is 1. The number of hydrogen-bond donors (Lipinski definition) is 2. The number of hydrogen-bond acceptors (Lipinski definition) is 3. The molecule has 124 valence electrons. The predicted octanol–water partition coefficient (Wildman–Crippen LogP) is 3.03. The van der Waals surface area contributed by atoms with Crippen LogP contribution >= 0.6 is 0 Å². The van der Waals surface area contributed by atoms with Gasteiger partial charge in [0.2, 0.25) is 0 Å². The molecule has 23 heavy (non-hydrogen) atoms. The number of nitrogens with one attached hydrogen (secondary N) is 2. The summed E-state index contributed by atoms with van der Waals surface area (Å²) in [4.78, 5) is 19.1. The van der Waals surface area contributed by atoms with Crippen LogP contribution in [0.1, 0.15) is 43.0 Å². The fourth-order valence-corrected chi connectivity index (χ4v) is 3.19. The van der Waals surface area contributed by atoms with Crippen LogP contribution in [0.15, 0.2) is 18.5 Å². The van der Waals surface area contributed by atoms with Crippen molar-refractivity contribution in [3.8, 4) is 0 Å². The Balaban J connectivity index is 1.53. The number of carbonyl (C=O) groups excluding carboxylic acids is 1. The van der Waals surface area contributed by atoms with Crippen LogP contribution < -0.4 is 5.32 Å². The third kappa shape index (κ3) is 3.69. The second kappa shape index (κ2) is 7.08. The number of fused-ring (bicyclic) bond motifs is 1. The molecule has 0 aliphatic heterocycles. The first-order valence-electron chi connectivity index (χ1n) is 8.17. The van der Waals surface area contributed by atoms with Gasteiger partial charge < -0.3 is 15.0 Å². The Morgan fingerprint density at radius 2 is 2.26 bits per heavy atom. The average molecular weight is 319 g/mol. The molecule has 2 N–H and O–H groups in total. The van der Waals surface area contributed by atoms with Crippen molar-refractivity contribution in [2.24, 2.45) is 5.92 Å². The maximum absolute atomic E-state index is 13.6. The number of carbonyl (C=O) groups is 1. The Morgan fingerprint density at radius 1 is 1.43 bits per heavy atom. The number of aromatic amines is 1. The highest BCUT2D eigenvalue weighted by atomic mass is 19.1. The van der Waals surface area contributed by atoms with E-state index in [0.29, 0.717) is 30.1 Å². The zero-order chi connectivity index (χ0) is 16.2. The first-order chi connectivity index (χ1) is 11.1. The van der Waals surface area contributed by atoms with Crippen LogP contribution in [0.25, 0.3) is 11.0 Å². The molecule has 0 radical (unpaired) electrons. The van der Waals surface area contributed by atoms with Crippen LogP contribution in [0.4, 0.5) is 4.39 Å². The highest BCUT2D eigenvalue weighted by molar-refractivity contribution is 6.04. The van der Waals surface area contributed by atoms with Gasteiger partial charge in [0.05, 0.1) is 30.1 Å². The molecule has 1 fully saturated rings. The lowest BCUT2D eigenvalue weighted by atomic mass is 9.88. The highest BCUT2D eigenvalue weighted by Gasteiger charge is 2.21.